The van der Waals surface area contributed by atoms with Crippen molar-refractivity contribution in [2.75, 3.05) is 25.2 Å². The maximum absolute atomic E-state index is 11.8. The van der Waals surface area contributed by atoms with Gasteiger partial charge in [0.15, 0.2) is 11.4 Å². The molecule has 6 heteroatoms. The predicted molar refractivity (Wildman–Crippen MR) is 63.5 cm³/mol. The Bertz CT molecular complexity index is 580. The number of carbonyl (C=O) groups excluding carboxylic acids is 1. The van der Waals surface area contributed by atoms with Gasteiger partial charge >= 0.3 is 6.09 Å². The zero-order chi connectivity index (χ0) is 12.5. The van der Waals surface area contributed by atoms with Gasteiger partial charge in [-0.25, -0.2) is 4.79 Å². The summed E-state index contributed by atoms with van der Waals surface area (Å²) in [6.45, 7) is 0.793. The molecule has 2 heterocycles. The fourth-order valence-electron chi connectivity index (χ4n) is 2.03. The van der Waals surface area contributed by atoms with Crippen molar-refractivity contribution in [1.82, 2.24) is 5.16 Å². The molecule has 94 valence electrons. The van der Waals surface area contributed by atoms with Crippen LogP contribution in [0.1, 0.15) is 0 Å². The van der Waals surface area contributed by atoms with E-state index in [1.54, 1.807) is 13.2 Å². The number of benzene rings is 1. The molecule has 1 atom stereocenters. The van der Waals surface area contributed by atoms with Crippen LogP contribution in [0.4, 0.5) is 10.6 Å². The molecule has 0 N–H and O–H groups in total. The molecule has 2 aromatic rings. The highest BCUT2D eigenvalue weighted by molar-refractivity contribution is 5.98. The normalized spacial score (nSPS) is 19.5. The van der Waals surface area contributed by atoms with Crippen LogP contribution >= 0.6 is 0 Å². The monoisotopic (exact) mass is 248 g/mol. The fourth-order valence-corrected chi connectivity index (χ4v) is 2.03. The number of fused-ring (bicyclic) bond motifs is 1. The minimum Gasteiger partial charge on any atom is -0.441 e. The molecular formula is C12H12N2O4. The van der Waals surface area contributed by atoms with Gasteiger partial charge in [-0.05, 0) is 12.1 Å². The number of anilines is 1. The zero-order valence-electron chi connectivity index (χ0n) is 9.83. The maximum atomic E-state index is 11.8. The van der Waals surface area contributed by atoms with Crippen molar-refractivity contribution < 1.29 is 18.8 Å². The van der Waals surface area contributed by atoms with E-state index in [0.717, 1.165) is 5.39 Å². The Morgan fingerprint density at radius 1 is 1.50 bits per heavy atom. The number of rotatable bonds is 3. The highest BCUT2D eigenvalue weighted by Crippen LogP contribution is 2.28. The lowest BCUT2D eigenvalue weighted by Crippen LogP contribution is -2.26. The molecule has 0 radical (unpaired) electrons. The van der Waals surface area contributed by atoms with Gasteiger partial charge in [0.1, 0.15) is 6.10 Å². The average molecular weight is 248 g/mol. The van der Waals surface area contributed by atoms with Crippen molar-refractivity contribution in [2.45, 2.75) is 6.10 Å². The van der Waals surface area contributed by atoms with E-state index < -0.39 is 6.09 Å². The van der Waals surface area contributed by atoms with E-state index in [0.29, 0.717) is 24.6 Å². The highest BCUT2D eigenvalue weighted by atomic mass is 16.6. The number of hydrogen-bond donors (Lipinski definition) is 0. The first-order chi connectivity index (χ1) is 8.79. The Morgan fingerprint density at radius 2 is 2.33 bits per heavy atom. The van der Waals surface area contributed by atoms with E-state index in [1.165, 1.54) is 4.90 Å². The third-order valence-electron chi connectivity index (χ3n) is 2.84. The number of aromatic nitrogens is 1. The minimum absolute atomic E-state index is 0.266. The van der Waals surface area contributed by atoms with Gasteiger partial charge in [0, 0.05) is 7.11 Å². The first-order valence-electron chi connectivity index (χ1n) is 5.61. The third kappa shape index (κ3) is 1.70. The molecule has 1 aromatic carbocycles. The summed E-state index contributed by atoms with van der Waals surface area (Å²) in [5, 5.41) is 4.73. The lowest BCUT2D eigenvalue weighted by molar-refractivity contribution is 0.0718. The third-order valence-corrected chi connectivity index (χ3v) is 2.84. The van der Waals surface area contributed by atoms with E-state index in [-0.39, 0.29) is 6.10 Å². The van der Waals surface area contributed by atoms with Crippen molar-refractivity contribution in [2.24, 2.45) is 0 Å². The van der Waals surface area contributed by atoms with Crippen molar-refractivity contribution in [3.63, 3.8) is 0 Å². The molecule has 1 unspecified atom stereocenters. The van der Waals surface area contributed by atoms with Crippen LogP contribution in [0.3, 0.4) is 0 Å². The summed E-state index contributed by atoms with van der Waals surface area (Å²) < 4.78 is 15.3. The number of carbonyl (C=O) groups is 1. The summed E-state index contributed by atoms with van der Waals surface area (Å²) in [6, 6.07) is 7.39. The van der Waals surface area contributed by atoms with E-state index in [9.17, 15) is 4.79 Å². The number of para-hydroxylation sites is 1. The minimum atomic E-state index is -0.420. The topological polar surface area (TPSA) is 64.8 Å². The number of amides is 1. The van der Waals surface area contributed by atoms with Crippen LogP contribution in [0.2, 0.25) is 0 Å². The quantitative estimate of drug-likeness (QED) is 0.828. The van der Waals surface area contributed by atoms with E-state index >= 15 is 0 Å². The number of hydrogen-bond acceptors (Lipinski definition) is 5. The van der Waals surface area contributed by atoms with E-state index in [2.05, 4.69) is 5.16 Å². The van der Waals surface area contributed by atoms with Crippen LogP contribution in [0, 0.1) is 0 Å². The summed E-state index contributed by atoms with van der Waals surface area (Å²) in [4.78, 5) is 13.2. The summed E-state index contributed by atoms with van der Waals surface area (Å²) >= 11 is 0. The first kappa shape index (κ1) is 11.0. The van der Waals surface area contributed by atoms with Crippen LogP contribution in [0.5, 0.6) is 0 Å². The molecule has 3 rings (SSSR count). The van der Waals surface area contributed by atoms with Crippen molar-refractivity contribution in [1.29, 1.82) is 0 Å². The fraction of sp³-hybridized carbons (Fsp3) is 0.333. The zero-order valence-corrected chi connectivity index (χ0v) is 9.83. The number of cyclic esters (lactones) is 1. The van der Waals surface area contributed by atoms with Gasteiger partial charge in [0.2, 0.25) is 0 Å². The maximum Gasteiger partial charge on any atom is 0.416 e. The van der Waals surface area contributed by atoms with Gasteiger partial charge in [-0.3, -0.25) is 4.90 Å². The molecule has 0 saturated carbocycles. The van der Waals surface area contributed by atoms with Crippen LogP contribution in [0.25, 0.3) is 11.0 Å². The molecule has 1 saturated heterocycles. The Labute approximate surface area is 103 Å². The number of ether oxygens (including phenoxy) is 2. The van der Waals surface area contributed by atoms with Gasteiger partial charge in [0.05, 0.1) is 18.5 Å². The van der Waals surface area contributed by atoms with Crippen LogP contribution in [-0.4, -0.2) is 37.6 Å². The summed E-state index contributed by atoms with van der Waals surface area (Å²) in [7, 11) is 1.57. The Balaban J connectivity index is 1.93. The lowest BCUT2D eigenvalue weighted by atomic mass is 10.2. The van der Waals surface area contributed by atoms with Crippen LogP contribution in [0.15, 0.2) is 28.8 Å². The van der Waals surface area contributed by atoms with Gasteiger partial charge in [-0.1, -0.05) is 17.3 Å². The Hall–Kier alpha value is -2.08. The van der Waals surface area contributed by atoms with Gasteiger partial charge < -0.3 is 14.0 Å². The highest BCUT2D eigenvalue weighted by Gasteiger charge is 2.35. The molecule has 1 fully saturated rings. The second kappa shape index (κ2) is 4.30. The molecule has 1 aromatic heterocycles. The molecular weight excluding hydrogens is 236 g/mol. The molecule has 0 bridgehead atoms. The molecule has 1 aliphatic rings. The molecule has 18 heavy (non-hydrogen) atoms. The molecule has 6 nitrogen and oxygen atoms in total. The van der Waals surface area contributed by atoms with Gasteiger partial charge in [-0.15, -0.1) is 0 Å². The van der Waals surface area contributed by atoms with Crippen molar-refractivity contribution >= 4 is 22.9 Å². The molecule has 0 aliphatic carbocycles. The van der Waals surface area contributed by atoms with Gasteiger partial charge in [0.25, 0.3) is 0 Å². The standard InChI is InChI=1S/C12H12N2O4/c1-16-7-8-6-14(12(15)17-8)11-9-4-2-3-5-10(9)18-13-11/h2-5,8H,6-7H2,1H3. The SMILES string of the molecule is COCC1CN(c2noc3ccccc23)C(=O)O1. The van der Waals surface area contributed by atoms with Crippen molar-refractivity contribution in [3.8, 4) is 0 Å². The lowest BCUT2D eigenvalue weighted by Gasteiger charge is -2.08. The van der Waals surface area contributed by atoms with E-state index in [4.69, 9.17) is 14.0 Å². The summed E-state index contributed by atoms with van der Waals surface area (Å²) in [5.41, 5.74) is 0.649. The van der Waals surface area contributed by atoms with E-state index in [1.807, 2.05) is 18.2 Å². The first-order valence-corrected chi connectivity index (χ1v) is 5.61. The largest absolute Gasteiger partial charge is 0.441 e. The Kier molecular flexibility index (Phi) is 2.64. The second-order valence-corrected chi connectivity index (χ2v) is 4.07. The predicted octanol–water partition coefficient (Wildman–Crippen LogP) is 1.80. The average Bonchev–Trinajstić information content (AvgIpc) is 2.93. The number of methoxy groups -OCH3 is 1. The van der Waals surface area contributed by atoms with Crippen molar-refractivity contribution in [3.05, 3.63) is 24.3 Å². The molecule has 1 amide bonds. The molecule has 0 spiro atoms. The van der Waals surface area contributed by atoms with Crippen LogP contribution in [-0.2, 0) is 9.47 Å². The second-order valence-electron chi connectivity index (χ2n) is 4.07. The smallest absolute Gasteiger partial charge is 0.416 e. The van der Waals surface area contributed by atoms with Crippen LogP contribution < -0.4 is 4.90 Å². The number of nitrogens with zero attached hydrogens (tertiary/aromatic N) is 2. The summed E-state index contributed by atoms with van der Waals surface area (Å²) in [5.74, 6) is 0.495. The summed E-state index contributed by atoms with van der Waals surface area (Å²) in [6.07, 6.45) is -0.686. The van der Waals surface area contributed by atoms with Gasteiger partial charge in [-0.2, -0.15) is 0 Å². The molecule has 1 aliphatic heterocycles. The Morgan fingerprint density at radius 3 is 3.17 bits per heavy atom.